The van der Waals surface area contributed by atoms with Crippen LogP contribution in [-0.2, 0) is 4.79 Å². The molecule has 178 valence electrons. The van der Waals surface area contributed by atoms with E-state index in [1.165, 1.54) is 26.4 Å². The molecule has 0 aliphatic carbocycles. The molecule has 0 saturated carbocycles. The van der Waals surface area contributed by atoms with Gasteiger partial charge < -0.3 is 28.5 Å². The number of aliphatic carboxylic acids is 1. The summed E-state index contributed by atoms with van der Waals surface area (Å²) >= 11 is 0.745. The zero-order chi connectivity index (χ0) is 24.9. The van der Waals surface area contributed by atoms with Crippen LogP contribution in [0.1, 0.15) is 16.1 Å². The molecule has 11 heteroatoms. The van der Waals surface area contributed by atoms with E-state index in [4.69, 9.17) is 18.3 Å². The van der Waals surface area contributed by atoms with Crippen molar-refractivity contribution in [3.63, 3.8) is 0 Å². The van der Waals surface area contributed by atoms with Gasteiger partial charge in [0.2, 0.25) is 5.89 Å². The topological polar surface area (TPSA) is 145 Å². The van der Waals surface area contributed by atoms with Crippen LogP contribution in [0.25, 0.3) is 28.9 Å². The van der Waals surface area contributed by atoms with Gasteiger partial charge in [-0.1, -0.05) is 18.2 Å². The molecule has 0 amide bonds. The highest BCUT2D eigenvalue weighted by atomic mass is 32.2. The van der Waals surface area contributed by atoms with Gasteiger partial charge in [0, 0.05) is 23.3 Å². The van der Waals surface area contributed by atoms with E-state index in [9.17, 15) is 19.8 Å². The predicted molar refractivity (Wildman–Crippen MR) is 125 cm³/mol. The van der Waals surface area contributed by atoms with Crippen LogP contribution in [0.15, 0.2) is 73.6 Å². The van der Waals surface area contributed by atoms with Crippen molar-refractivity contribution in [3.05, 3.63) is 70.8 Å². The standard InChI is InChI=1S/C24H18N2O8S/c1-31-15-9-13(10-16(11-15)32-2)21-25-26-24(34-21)35-20(23(29)30)12-14-7-8-19(33-14)17-5-3-4-6-18(17)22(27)28/h3-12H,1-2H3,(H,27,28)(H,29,30)/b20-12-. The summed E-state index contributed by atoms with van der Waals surface area (Å²) in [4.78, 5) is 23.2. The number of rotatable bonds is 9. The molecule has 10 nitrogen and oxygen atoms in total. The molecule has 0 saturated heterocycles. The lowest BCUT2D eigenvalue weighted by Gasteiger charge is -2.05. The largest absolute Gasteiger partial charge is 0.497 e. The molecule has 0 unspecified atom stereocenters. The molecule has 4 aromatic rings. The first kappa shape index (κ1) is 23.6. The fraction of sp³-hybridized carbons (Fsp3) is 0.0833. The molecular weight excluding hydrogens is 476 g/mol. The number of aromatic carboxylic acids is 1. The number of hydrogen-bond acceptors (Lipinski definition) is 9. The first-order valence-electron chi connectivity index (χ1n) is 10.00. The summed E-state index contributed by atoms with van der Waals surface area (Å²) in [5.74, 6) is -0.635. The average molecular weight is 494 g/mol. The number of carboxylic acid groups (broad SMARTS) is 2. The average Bonchev–Trinajstić information content (AvgIpc) is 3.53. The van der Waals surface area contributed by atoms with Crippen LogP contribution < -0.4 is 9.47 Å². The van der Waals surface area contributed by atoms with Crippen LogP contribution in [0.3, 0.4) is 0 Å². The minimum Gasteiger partial charge on any atom is -0.497 e. The van der Waals surface area contributed by atoms with Gasteiger partial charge in [-0.3, -0.25) is 0 Å². The van der Waals surface area contributed by atoms with E-state index in [0.717, 1.165) is 11.8 Å². The second-order valence-corrected chi connectivity index (χ2v) is 7.94. The summed E-state index contributed by atoms with van der Waals surface area (Å²) in [6, 6.07) is 14.5. The fourth-order valence-electron chi connectivity index (χ4n) is 3.12. The number of benzene rings is 2. The highest BCUT2D eigenvalue weighted by Gasteiger charge is 2.19. The lowest BCUT2D eigenvalue weighted by atomic mass is 10.1. The van der Waals surface area contributed by atoms with E-state index in [1.54, 1.807) is 48.5 Å². The summed E-state index contributed by atoms with van der Waals surface area (Å²) in [5.41, 5.74) is 0.978. The van der Waals surface area contributed by atoms with Crippen LogP contribution in [0.5, 0.6) is 11.5 Å². The third kappa shape index (κ3) is 5.36. The van der Waals surface area contributed by atoms with Gasteiger partial charge in [0.15, 0.2) is 0 Å². The smallest absolute Gasteiger partial charge is 0.342 e. The number of carbonyl (C=O) groups is 2. The predicted octanol–water partition coefficient (Wildman–Crippen LogP) is 4.93. The van der Waals surface area contributed by atoms with Gasteiger partial charge in [-0.05, 0) is 42.1 Å². The molecule has 0 bridgehead atoms. The van der Waals surface area contributed by atoms with Crippen molar-refractivity contribution in [1.82, 2.24) is 10.2 Å². The van der Waals surface area contributed by atoms with Crippen LogP contribution in [0.4, 0.5) is 0 Å². The van der Waals surface area contributed by atoms with Crippen molar-refractivity contribution in [2.45, 2.75) is 5.22 Å². The van der Waals surface area contributed by atoms with Gasteiger partial charge in [-0.2, -0.15) is 0 Å². The van der Waals surface area contributed by atoms with Gasteiger partial charge in [0.25, 0.3) is 5.22 Å². The van der Waals surface area contributed by atoms with E-state index in [0.29, 0.717) is 22.6 Å². The molecule has 4 rings (SSSR count). The maximum Gasteiger partial charge on any atom is 0.342 e. The Kier molecular flexibility index (Phi) is 6.88. The Bertz CT molecular complexity index is 1400. The minimum atomic E-state index is -1.23. The van der Waals surface area contributed by atoms with Gasteiger partial charge >= 0.3 is 11.9 Å². The molecule has 35 heavy (non-hydrogen) atoms. The number of nitrogens with zero attached hydrogens (tertiary/aromatic N) is 2. The molecule has 2 heterocycles. The number of furan rings is 1. The quantitative estimate of drug-likeness (QED) is 0.241. The van der Waals surface area contributed by atoms with E-state index in [-0.39, 0.29) is 33.1 Å². The number of hydrogen-bond donors (Lipinski definition) is 2. The van der Waals surface area contributed by atoms with Gasteiger partial charge in [-0.25, -0.2) is 9.59 Å². The highest BCUT2D eigenvalue weighted by molar-refractivity contribution is 8.03. The molecule has 0 spiro atoms. The van der Waals surface area contributed by atoms with Crippen LogP contribution in [0.2, 0.25) is 0 Å². The van der Waals surface area contributed by atoms with Crippen molar-refractivity contribution >= 4 is 29.8 Å². The molecule has 0 atom stereocenters. The van der Waals surface area contributed by atoms with Crippen LogP contribution in [0, 0.1) is 0 Å². The summed E-state index contributed by atoms with van der Waals surface area (Å²) in [7, 11) is 3.02. The number of ether oxygens (including phenoxy) is 2. The maximum absolute atomic E-state index is 11.8. The number of carboxylic acids is 2. The Morgan fingerprint density at radius 3 is 2.31 bits per heavy atom. The Hall–Kier alpha value is -4.51. The second kappa shape index (κ2) is 10.2. The third-order valence-electron chi connectivity index (χ3n) is 4.74. The lowest BCUT2D eigenvalue weighted by molar-refractivity contribution is -0.131. The molecule has 0 fully saturated rings. The fourth-order valence-corrected chi connectivity index (χ4v) is 3.77. The third-order valence-corrected chi connectivity index (χ3v) is 5.59. The molecule has 0 aliphatic heterocycles. The van der Waals surface area contributed by atoms with E-state index in [1.807, 2.05) is 0 Å². The van der Waals surface area contributed by atoms with Crippen molar-refractivity contribution in [2.24, 2.45) is 0 Å². The molecular formula is C24H18N2O8S. The molecule has 0 aliphatic rings. The zero-order valence-electron chi connectivity index (χ0n) is 18.4. The van der Waals surface area contributed by atoms with E-state index < -0.39 is 11.9 Å². The maximum atomic E-state index is 11.8. The SMILES string of the molecule is COc1cc(OC)cc(-c2nnc(S/C(=C\c3ccc(-c4ccccc4C(=O)O)o3)C(=O)O)o2)c1. The van der Waals surface area contributed by atoms with Gasteiger partial charge in [0.1, 0.15) is 27.9 Å². The van der Waals surface area contributed by atoms with Crippen LogP contribution >= 0.6 is 11.8 Å². The summed E-state index contributed by atoms with van der Waals surface area (Å²) in [6.45, 7) is 0. The second-order valence-electron chi connectivity index (χ2n) is 6.94. The first-order valence-corrected chi connectivity index (χ1v) is 10.8. The molecule has 2 aromatic heterocycles. The first-order chi connectivity index (χ1) is 16.9. The summed E-state index contributed by atoms with van der Waals surface area (Å²) in [5, 5.41) is 26.9. The summed E-state index contributed by atoms with van der Waals surface area (Å²) in [6.07, 6.45) is 1.29. The van der Waals surface area contributed by atoms with Crippen molar-refractivity contribution < 1.29 is 38.1 Å². The number of methoxy groups -OCH3 is 2. The highest BCUT2D eigenvalue weighted by Crippen LogP contribution is 2.34. The zero-order valence-corrected chi connectivity index (χ0v) is 19.2. The van der Waals surface area contributed by atoms with Gasteiger partial charge in [0.05, 0.1) is 19.8 Å². The summed E-state index contributed by atoms with van der Waals surface area (Å²) < 4.78 is 21.8. The van der Waals surface area contributed by atoms with E-state index in [2.05, 4.69) is 10.2 Å². The Morgan fingerprint density at radius 1 is 0.943 bits per heavy atom. The monoisotopic (exact) mass is 494 g/mol. The lowest BCUT2D eigenvalue weighted by Crippen LogP contribution is -1.98. The Labute approximate surface area is 202 Å². The van der Waals surface area contributed by atoms with Gasteiger partial charge in [-0.15, -0.1) is 10.2 Å². The van der Waals surface area contributed by atoms with Crippen molar-refractivity contribution in [2.75, 3.05) is 14.2 Å². The minimum absolute atomic E-state index is 0.00145. The van der Waals surface area contributed by atoms with Crippen LogP contribution in [-0.4, -0.2) is 46.6 Å². The van der Waals surface area contributed by atoms with Crippen molar-refractivity contribution in [1.29, 1.82) is 0 Å². The van der Waals surface area contributed by atoms with Crippen molar-refractivity contribution in [3.8, 4) is 34.3 Å². The molecule has 2 aromatic carbocycles. The molecule has 2 N–H and O–H groups in total. The van der Waals surface area contributed by atoms with E-state index >= 15 is 0 Å². The molecule has 0 radical (unpaired) electrons. The Balaban J connectivity index is 1.59. The number of thioether (sulfide) groups is 1. The Morgan fingerprint density at radius 2 is 1.66 bits per heavy atom. The number of aromatic nitrogens is 2. The normalized spacial score (nSPS) is 11.3.